The van der Waals surface area contributed by atoms with Gasteiger partial charge >= 0.3 is 0 Å². The number of pyridine rings is 1. The fourth-order valence-corrected chi connectivity index (χ4v) is 1.98. The SMILES string of the molecule is Cc1ccnc2c(Cl)cc(C(C)C)cc12. The molecule has 0 N–H and O–H groups in total. The molecule has 0 aliphatic carbocycles. The Morgan fingerprint density at radius 1 is 1.27 bits per heavy atom. The predicted octanol–water partition coefficient (Wildman–Crippen LogP) is 4.32. The van der Waals surface area contributed by atoms with Crippen molar-refractivity contribution in [3.05, 3.63) is 40.5 Å². The van der Waals surface area contributed by atoms with Gasteiger partial charge in [0.25, 0.3) is 0 Å². The van der Waals surface area contributed by atoms with Gasteiger partial charge in [0.15, 0.2) is 0 Å². The van der Waals surface area contributed by atoms with Gasteiger partial charge in [0.1, 0.15) is 0 Å². The van der Waals surface area contributed by atoms with E-state index in [2.05, 4.69) is 31.8 Å². The van der Waals surface area contributed by atoms with Gasteiger partial charge in [0.05, 0.1) is 10.5 Å². The molecule has 78 valence electrons. The molecule has 0 saturated heterocycles. The molecule has 0 amide bonds. The molecule has 2 aromatic rings. The lowest BCUT2D eigenvalue weighted by atomic mass is 9.99. The van der Waals surface area contributed by atoms with Gasteiger partial charge in [0, 0.05) is 11.6 Å². The number of benzene rings is 1. The summed E-state index contributed by atoms with van der Waals surface area (Å²) in [6.45, 7) is 6.43. The van der Waals surface area contributed by atoms with Crippen LogP contribution >= 0.6 is 11.6 Å². The van der Waals surface area contributed by atoms with Gasteiger partial charge < -0.3 is 0 Å². The van der Waals surface area contributed by atoms with Crippen LogP contribution in [0.2, 0.25) is 5.02 Å². The van der Waals surface area contributed by atoms with E-state index < -0.39 is 0 Å². The summed E-state index contributed by atoms with van der Waals surface area (Å²) < 4.78 is 0. The Morgan fingerprint density at radius 2 is 2.00 bits per heavy atom. The summed E-state index contributed by atoms with van der Waals surface area (Å²) in [7, 11) is 0. The average molecular weight is 220 g/mol. The first-order chi connectivity index (χ1) is 7.09. The van der Waals surface area contributed by atoms with Crippen molar-refractivity contribution >= 4 is 22.5 Å². The Morgan fingerprint density at radius 3 is 2.67 bits per heavy atom. The molecule has 1 aromatic heterocycles. The zero-order chi connectivity index (χ0) is 11.0. The Balaban J connectivity index is 2.80. The Kier molecular flexibility index (Phi) is 2.66. The van der Waals surface area contributed by atoms with Crippen LogP contribution in [0.3, 0.4) is 0 Å². The van der Waals surface area contributed by atoms with Gasteiger partial charge in [-0.2, -0.15) is 0 Å². The molecule has 1 heterocycles. The number of aromatic nitrogens is 1. The van der Waals surface area contributed by atoms with Gasteiger partial charge in [-0.3, -0.25) is 4.98 Å². The molecule has 0 fully saturated rings. The Labute approximate surface area is 95.1 Å². The fourth-order valence-electron chi connectivity index (χ4n) is 1.70. The second kappa shape index (κ2) is 3.82. The summed E-state index contributed by atoms with van der Waals surface area (Å²) in [6, 6.07) is 6.22. The summed E-state index contributed by atoms with van der Waals surface area (Å²) in [5.41, 5.74) is 3.40. The van der Waals surface area contributed by atoms with Crippen molar-refractivity contribution < 1.29 is 0 Å². The smallest absolute Gasteiger partial charge is 0.0890 e. The predicted molar refractivity (Wildman–Crippen MR) is 65.6 cm³/mol. The lowest BCUT2D eigenvalue weighted by molar-refractivity contribution is 0.868. The maximum Gasteiger partial charge on any atom is 0.0890 e. The van der Waals surface area contributed by atoms with Crippen molar-refractivity contribution in [1.82, 2.24) is 4.98 Å². The summed E-state index contributed by atoms with van der Waals surface area (Å²) in [4.78, 5) is 4.31. The zero-order valence-corrected chi connectivity index (χ0v) is 9.97. The maximum absolute atomic E-state index is 6.22. The first kappa shape index (κ1) is 10.4. The van der Waals surface area contributed by atoms with Gasteiger partial charge in [-0.1, -0.05) is 25.4 Å². The molecular formula is C13H14ClN. The van der Waals surface area contributed by atoms with E-state index in [0.29, 0.717) is 5.92 Å². The van der Waals surface area contributed by atoms with E-state index in [4.69, 9.17) is 11.6 Å². The third-order valence-corrected chi connectivity index (χ3v) is 2.99. The van der Waals surface area contributed by atoms with Gasteiger partial charge in [-0.25, -0.2) is 0 Å². The van der Waals surface area contributed by atoms with E-state index >= 15 is 0 Å². The van der Waals surface area contributed by atoms with Crippen LogP contribution in [-0.4, -0.2) is 4.98 Å². The van der Waals surface area contributed by atoms with Gasteiger partial charge in [0.2, 0.25) is 0 Å². The normalized spacial score (nSPS) is 11.3. The first-order valence-corrected chi connectivity index (χ1v) is 5.52. The van der Waals surface area contributed by atoms with E-state index in [1.165, 1.54) is 11.1 Å². The summed E-state index contributed by atoms with van der Waals surface area (Å²) in [5, 5.41) is 1.91. The molecule has 0 saturated carbocycles. The van der Waals surface area contributed by atoms with Crippen molar-refractivity contribution in [2.75, 3.05) is 0 Å². The van der Waals surface area contributed by atoms with Crippen molar-refractivity contribution in [3.8, 4) is 0 Å². The highest BCUT2D eigenvalue weighted by atomic mass is 35.5. The van der Waals surface area contributed by atoms with E-state index in [-0.39, 0.29) is 0 Å². The topological polar surface area (TPSA) is 12.9 Å². The molecule has 0 aliphatic heterocycles. The molecular weight excluding hydrogens is 206 g/mol. The van der Waals surface area contributed by atoms with Gasteiger partial charge in [-0.15, -0.1) is 0 Å². The van der Waals surface area contributed by atoms with Crippen molar-refractivity contribution in [1.29, 1.82) is 0 Å². The molecule has 0 unspecified atom stereocenters. The Hall–Kier alpha value is -1.08. The first-order valence-electron chi connectivity index (χ1n) is 5.14. The quantitative estimate of drug-likeness (QED) is 0.696. The average Bonchev–Trinajstić information content (AvgIpc) is 2.19. The molecule has 2 rings (SSSR count). The van der Waals surface area contributed by atoms with Crippen molar-refractivity contribution in [2.24, 2.45) is 0 Å². The summed E-state index contributed by atoms with van der Waals surface area (Å²) in [6.07, 6.45) is 1.80. The number of hydrogen-bond acceptors (Lipinski definition) is 1. The van der Waals surface area contributed by atoms with Crippen LogP contribution in [0.4, 0.5) is 0 Å². The second-order valence-corrected chi connectivity index (χ2v) is 4.59. The minimum atomic E-state index is 0.492. The van der Waals surface area contributed by atoms with Crippen molar-refractivity contribution in [3.63, 3.8) is 0 Å². The van der Waals surface area contributed by atoms with Crippen LogP contribution in [0.15, 0.2) is 24.4 Å². The number of hydrogen-bond donors (Lipinski definition) is 0. The van der Waals surface area contributed by atoms with Crippen molar-refractivity contribution in [2.45, 2.75) is 26.7 Å². The third-order valence-electron chi connectivity index (χ3n) is 2.71. The van der Waals surface area contributed by atoms with Crippen LogP contribution in [0.5, 0.6) is 0 Å². The summed E-state index contributed by atoms with van der Waals surface area (Å²) in [5.74, 6) is 0.492. The molecule has 1 nitrogen and oxygen atoms in total. The zero-order valence-electron chi connectivity index (χ0n) is 9.21. The molecule has 0 radical (unpaired) electrons. The molecule has 0 bridgehead atoms. The van der Waals surface area contributed by atoms with E-state index in [0.717, 1.165) is 15.9 Å². The monoisotopic (exact) mass is 219 g/mol. The van der Waals surface area contributed by atoms with Crippen LogP contribution in [0.25, 0.3) is 10.9 Å². The number of rotatable bonds is 1. The van der Waals surface area contributed by atoms with Crippen LogP contribution in [0, 0.1) is 6.92 Å². The van der Waals surface area contributed by atoms with E-state index in [1.54, 1.807) is 6.20 Å². The summed E-state index contributed by atoms with van der Waals surface area (Å²) >= 11 is 6.22. The molecule has 0 aliphatic rings. The minimum Gasteiger partial charge on any atom is -0.255 e. The van der Waals surface area contributed by atoms with Crippen LogP contribution in [0.1, 0.15) is 30.9 Å². The number of aryl methyl sites for hydroxylation is 1. The lowest BCUT2D eigenvalue weighted by Crippen LogP contribution is -1.91. The van der Waals surface area contributed by atoms with E-state index in [9.17, 15) is 0 Å². The number of halogens is 1. The van der Waals surface area contributed by atoms with E-state index in [1.807, 2.05) is 12.1 Å². The molecule has 15 heavy (non-hydrogen) atoms. The number of nitrogens with zero attached hydrogens (tertiary/aromatic N) is 1. The third kappa shape index (κ3) is 1.84. The standard InChI is InChI=1S/C13H14ClN/c1-8(2)10-6-11-9(3)4-5-15-13(11)12(14)7-10/h4-8H,1-3H3. The second-order valence-electron chi connectivity index (χ2n) is 4.18. The highest BCUT2D eigenvalue weighted by Gasteiger charge is 2.07. The largest absolute Gasteiger partial charge is 0.255 e. The highest BCUT2D eigenvalue weighted by Crippen LogP contribution is 2.28. The van der Waals surface area contributed by atoms with Crippen LogP contribution < -0.4 is 0 Å². The molecule has 0 atom stereocenters. The fraction of sp³-hybridized carbons (Fsp3) is 0.308. The lowest BCUT2D eigenvalue weighted by Gasteiger charge is -2.09. The minimum absolute atomic E-state index is 0.492. The molecule has 2 heteroatoms. The number of fused-ring (bicyclic) bond motifs is 1. The van der Waals surface area contributed by atoms with Crippen LogP contribution in [-0.2, 0) is 0 Å². The maximum atomic E-state index is 6.22. The Bertz CT molecular complexity index is 503. The highest BCUT2D eigenvalue weighted by molar-refractivity contribution is 6.35. The molecule has 1 aromatic carbocycles. The van der Waals surface area contributed by atoms with Gasteiger partial charge in [-0.05, 0) is 42.2 Å². The molecule has 0 spiro atoms.